The molecule has 2 aromatic rings. The van der Waals surface area contributed by atoms with Crippen molar-refractivity contribution in [2.75, 3.05) is 5.32 Å². The van der Waals surface area contributed by atoms with Crippen LogP contribution in [0.25, 0.3) is 0 Å². The number of benzene rings is 1. The SMILES string of the molecule is Cc1cnc(NC(=O)c2ccc(SC(F)(F)F)cc2)s1. The first kappa shape index (κ1) is 14.9. The van der Waals surface area contributed by atoms with Crippen molar-refractivity contribution in [1.82, 2.24) is 4.98 Å². The molecule has 0 unspecified atom stereocenters. The van der Waals surface area contributed by atoms with E-state index in [1.165, 1.54) is 35.6 Å². The Hall–Kier alpha value is -1.54. The topological polar surface area (TPSA) is 42.0 Å². The van der Waals surface area contributed by atoms with E-state index >= 15 is 0 Å². The average Bonchev–Trinajstić information content (AvgIpc) is 2.73. The molecule has 1 amide bonds. The third-order valence-electron chi connectivity index (χ3n) is 2.19. The van der Waals surface area contributed by atoms with Crippen molar-refractivity contribution >= 4 is 34.1 Å². The largest absolute Gasteiger partial charge is 0.446 e. The molecular weight excluding hydrogens is 309 g/mol. The minimum atomic E-state index is -4.33. The first-order valence-corrected chi connectivity index (χ1v) is 7.06. The number of carbonyl (C=O) groups excluding carboxylic acids is 1. The van der Waals surface area contributed by atoms with E-state index in [1.807, 2.05) is 6.92 Å². The highest BCUT2D eigenvalue weighted by atomic mass is 32.2. The highest BCUT2D eigenvalue weighted by molar-refractivity contribution is 8.00. The van der Waals surface area contributed by atoms with Gasteiger partial charge in [0.25, 0.3) is 5.91 Å². The van der Waals surface area contributed by atoms with Gasteiger partial charge in [-0.2, -0.15) is 13.2 Å². The molecule has 0 fully saturated rings. The van der Waals surface area contributed by atoms with Crippen molar-refractivity contribution in [2.45, 2.75) is 17.3 Å². The van der Waals surface area contributed by atoms with Gasteiger partial charge in [0.2, 0.25) is 0 Å². The van der Waals surface area contributed by atoms with Crippen LogP contribution in [0, 0.1) is 6.92 Å². The highest BCUT2D eigenvalue weighted by Gasteiger charge is 2.29. The summed E-state index contributed by atoms with van der Waals surface area (Å²) in [6, 6.07) is 5.23. The van der Waals surface area contributed by atoms with Crippen molar-refractivity contribution in [1.29, 1.82) is 0 Å². The number of halogens is 3. The van der Waals surface area contributed by atoms with Gasteiger partial charge in [-0.25, -0.2) is 4.98 Å². The number of thiazole rings is 1. The lowest BCUT2D eigenvalue weighted by molar-refractivity contribution is -0.0328. The fourth-order valence-electron chi connectivity index (χ4n) is 1.39. The van der Waals surface area contributed by atoms with Crippen LogP contribution in [-0.4, -0.2) is 16.4 Å². The van der Waals surface area contributed by atoms with Crippen molar-refractivity contribution in [3.63, 3.8) is 0 Å². The summed E-state index contributed by atoms with van der Waals surface area (Å²) < 4.78 is 36.5. The molecule has 106 valence electrons. The van der Waals surface area contributed by atoms with Gasteiger partial charge in [0.05, 0.1) is 0 Å². The van der Waals surface area contributed by atoms with Gasteiger partial charge in [-0.15, -0.1) is 11.3 Å². The number of nitrogens with zero attached hydrogens (tertiary/aromatic N) is 1. The molecule has 0 aliphatic rings. The Kier molecular flexibility index (Phi) is 4.34. The average molecular weight is 318 g/mol. The second-order valence-corrected chi connectivity index (χ2v) is 6.18. The number of alkyl halides is 3. The molecular formula is C12H9F3N2OS2. The van der Waals surface area contributed by atoms with Gasteiger partial charge in [-0.05, 0) is 43.0 Å². The Morgan fingerprint density at radius 3 is 2.45 bits per heavy atom. The lowest BCUT2D eigenvalue weighted by atomic mass is 10.2. The molecule has 1 N–H and O–H groups in total. The molecule has 1 heterocycles. The van der Waals surface area contributed by atoms with Crippen LogP contribution in [0.5, 0.6) is 0 Å². The third-order valence-corrected chi connectivity index (χ3v) is 3.76. The van der Waals surface area contributed by atoms with Crippen LogP contribution in [0.4, 0.5) is 18.3 Å². The maximum Gasteiger partial charge on any atom is 0.446 e. The number of anilines is 1. The van der Waals surface area contributed by atoms with Gasteiger partial charge >= 0.3 is 5.51 Å². The molecule has 1 aromatic heterocycles. The number of aromatic nitrogens is 1. The van der Waals surface area contributed by atoms with E-state index in [-0.39, 0.29) is 22.2 Å². The Labute approximate surface area is 121 Å². The number of carbonyl (C=O) groups is 1. The van der Waals surface area contributed by atoms with E-state index in [1.54, 1.807) is 6.20 Å². The monoisotopic (exact) mass is 318 g/mol. The molecule has 0 saturated heterocycles. The lowest BCUT2D eigenvalue weighted by Gasteiger charge is -2.06. The Bertz CT molecular complexity index is 608. The molecule has 0 bridgehead atoms. The predicted molar refractivity (Wildman–Crippen MR) is 73.2 cm³/mol. The number of hydrogen-bond donors (Lipinski definition) is 1. The molecule has 0 aliphatic carbocycles. The quantitative estimate of drug-likeness (QED) is 0.857. The van der Waals surface area contributed by atoms with Gasteiger partial charge in [-0.1, -0.05) is 0 Å². The standard InChI is InChI=1S/C12H9F3N2OS2/c1-7-6-16-11(19-7)17-10(18)8-2-4-9(5-3-8)20-12(13,14)15/h2-6H,1H3,(H,16,17,18). The number of thioether (sulfide) groups is 1. The smallest absolute Gasteiger partial charge is 0.298 e. The first-order chi connectivity index (χ1) is 9.33. The van der Waals surface area contributed by atoms with Crippen LogP contribution in [-0.2, 0) is 0 Å². The second kappa shape index (κ2) is 5.84. The highest BCUT2D eigenvalue weighted by Crippen LogP contribution is 2.36. The number of nitrogens with one attached hydrogen (secondary N) is 1. The molecule has 1 aromatic carbocycles. The summed E-state index contributed by atoms with van der Waals surface area (Å²) in [5.74, 6) is -0.400. The number of hydrogen-bond acceptors (Lipinski definition) is 4. The summed E-state index contributed by atoms with van der Waals surface area (Å²) >= 11 is 1.11. The molecule has 8 heteroatoms. The maximum absolute atomic E-state index is 12.2. The second-order valence-electron chi connectivity index (χ2n) is 3.80. The summed E-state index contributed by atoms with van der Waals surface area (Å²) in [6.07, 6.45) is 1.63. The van der Waals surface area contributed by atoms with Crippen LogP contribution >= 0.6 is 23.1 Å². The van der Waals surface area contributed by atoms with Crippen LogP contribution in [0.1, 0.15) is 15.2 Å². The minimum Gasteiger partial charge on any atom is -0.298 e. The van der Waals surface area contributed by atoms with Crippen LogP contribution < -0.4 is 5.32 Å². The Morgan fingerprint density at radius 2 is 1.95 bits per heavy atom. The summed E-state index contributed by atoms with van der Waals surface area (Å²) in [6.45, 7) is 1.86. The van der Waals surface area contributed by atoms with Crippen molar-refractivity contribution in [3.8, 4) is 0 Å². The zero-order valence-electron chi connectivity index (χ0n) is 10.2. The molecule has 0 atom stereocenters. The van der Waals surface area contributed by atoms with Crippen LogP contribution in [0.2, 0.25) is 0 Å². The summed E-state index contributed by atoms with van der Waals surface area (Å²) in [5, 5.41) is 3.05. The number of aryl methyl sites for hydroxylation is 1. The zero-order valence-corrected chi connectivity index (χ0v) is 11.8. The lowest BCUT2D eigenvalue weighted by Crippen LogP contribution is -2.11. The van der Waals surface area contributed by atoms with E-state index in [0.29, 0.717) is 5.13 Å². The predicted octanol–water partition coefficient (Wildman–Crippen LogP) is 4.32. The van der Waals surface area contributed by atoms with Crippen molar-refractivity contribution in [3.05, 3.63) is 40.9 Å². The summed E-state index contributed by atoms with van der Waals surface area (Å²) in [4.78, 5) is 16.8. The number of amides is 1. The molecule has 20 heavy (non-hydrogen) atoms. The minimum absolute atomic E-state index is 0.0409. The fourth-order valence-corrected chi connectivity index (χ4v) is 2.59. The number of rotatable bonds is 3. The molecule has 0 radical (unpaired) electrons. The molecule has 0 spiro atoms. The van der Waals surface area contributed by atoms with Crippen molar-refractivity contribution in [2.24, 2.45) is 0 Å². The van der Waals surface area contributed by atoms with E-state index in [2.05, 4.69) is 10.3 Å². The maximum atomic E-state index is 12.2. The first-order valence-electron chi connectivity index (χ1n) is 5.43. The van der Waals surface area contributed by atoms with Gasteiger partial charge < -0.3 is 0 Å². The molecule has 0 aliphatic heterocycles. The molecule has 3 nitrogen and oxygen atoms in total. The summed E-state index contributed by atoms with van der Waals surface area (Å²) in [5.41, 5.74) is -4.05. The van der Waals surface area contributed by atoms with Crippen LogP contribution in [0.3, 0.4) is 0 Å². The van der Waals surface area contributed by atoms with Crippen molar-refractivity contribution < 1.29 is 18.0 Å². The van der Waals surface area contributed by atoms with E-state index < -0.39 is 11.4 Å². The fraction of sp³-hybridized carbons (Fsp3) is 0.167. The van der Waals surface area contributed by atoms with E-state index in [0.717, 1.165) is 4.88 Å². The van der Waals surface area contributed by atoms with E-state index in [9.17, 15) is 18.0 Å². The van der Waals surface area contributed by atoms with Gasteiger partial charge in [-0.3, -0.25) is 10.1 Å². The Morgan fingerprint density at radius 1 is 1.30 bits per heavy atom. The van der Waals surface area contributed by atoms with E-state index in [4.69, 9.17) is 0 Å². The normalized spacial score (nSPS) is 11.4. The summed E-state index contributed by atoms with van der Waals surface area (Å²) in [7, 11) is 0. The van der Waals surface area contributed by atoms with Crippen LogP contribution in [0.15, 0.2) is 35.4 Å². The molecule has 0 saturated carbocycles. The van der Waals surface area contributed by atoms with Gasteiger partial charge in [0, 0.05) is 21.5 Å². The third kappa shape index (κ3) is 4.24. The van der Waals surface area contributed by atoms with Gasteiger partial charge in [0.15, 0.2) is 5.13 Å². The zero-order chi connectivity index (χ0) is 14.8. The van der Waals surface area contributed by atoms with Gasteiger partial charge in [0.1, 0.15) is 0 Å². The molecule has 2 rings (SSSR count). The Balaban J connectivity index is 2.04.